The van der Waals surface area contributed by atoms with Crippen LogP contribution >= 0.6 is 0 Å². The number of benzene rings is 2. The molecule has 2 rings (SSSR count). The third-order valence-corrected chi connectivity index (χ3v) is 3.68. The number of carbonyl (C=O) groups is 1. The van der Waals surface area contributed by atoms with Crippen molar-refractivity contribution in [3.8, 4) is 11.5 Å². The molecule has 3 heteroatoms. The lowest BCUT2D eigenvalue weighted by Crippen LogP contribution is -2.09. The van der Waals surface area contributed by atoms with Gasteiger partial charge in [-0.15, -0.1) is 0 Å². The Labute approximate surface area is 131 Å². The van der Waals surface area contributed by atoms with Crippen LogP contribution in [0.3, 0.4) is 0 Å². The van der Waals surface area contributed by atoms with E-state index in [0.29, 0.717) is 30.4 Å². The standard InChI is InChI=1S/C19H22O3/c1-3-15(2)17-7-9-18(10-8-17)21-11-12-22-19-6-4-5-16(13-19)14-20/h4-10,13-15H,3,11-12H2,1-2H3. The Morgan fingerprint density at radius 3 is 2.32 bits per heavy atom. The molecule has 1 atom stereocenters. The molecule has 0 spiro atoms. The van der Waals surface area contributed by atoms with Gasteiger partial charge in [0.05, 0.1) is 0 Å². The molecular weight excluding hydrogens is 276 g/mol. The van der Waals surface area contributed by atoms with Crippen molar-refractivity contribution < 1.29 is 14.3 Å². The van der Waals surface area contributed by atoms with Crippen molar-refractivity contribution in [1.82, 2.24) is 0 Å². The summed E-state index contributed by atoms with van der Waals surface area (Å²) in [5.74, 6) is 2.10. The van der Waals surface area contributed by atoms with Gasteiger partial charge < -0.3 is 9.47 Å². The fraction of sp³-hybridized carbons (Fsp3) is 0.316. The number of ether oxygens (including phenoxy) is 2. The van der Waals surface area contributed by atoms with Crippen LogP contribution in [-0.4, -0.2) is 19.5 Å². The van der Waals surface area contributed by atoms with E-state index >= 15 is 0 Å². The molecule has 0 aliphatic rings. The average molecular weight is 298 g/mol. The molecule has 0 heterocycles. The summed E-state index contributed by atoms with van der Waals surface area (Å²) in [6.07, 6.45) is 1.94. The zero-order valence-corrected chi connectivity index (χ0v) is 13.1. The molecule has 0 aromatic heterocycles. The number of aldehydes is 1. The summed E-state index contributed by atoms with van der Waals surface area (Å²) in [5, 5.41) is 0. The predicted molar refractivity (Wildman–Crippen MR) is 88.0 cm³/mol. The van der Waals surface area contributed by atoms with Gasteiger partial charge in [-0.25, -0.2) is 0 Å². The molecule has 0 aliphatic heterocycles. The van der Waals surface area contributed by atoms with E-state index in [1.165, 1.54) is 5.56 Å². The predicted octanol–water partition coefficient (Wildman–Crippen LogP) is 4.47. The van der Waals surface area contributed by atoms with Crippen molar-refractivity contribution in [1.29, 1.82) is 0 Å². The fourth-order valence-corrected chi connectivity index (χ4v) is 2.12. The Morgan fingerprint density at radius 1 is 1.00 bits per heavy atom. The monoisotopic (exact) mass is 298 g/mol. The van der Waals surface area contributed by atoms with E-state index in [2.05, 4.69) is 26.0 Å². The van der Waals surface area contributed by atoms with Crippen LogP contribution in [0, 0.1) is 0 Å². The molecular formula is C19H22O3. The molecule has 116 valence electrons. The third-order valence-electron chi connectivity index (χ3n) is 3.68. The van der Waals surface area contributed by atoms with E-state index in [9.17, 15) is 4.79 Å². The van der Waals surface area contributed by atoms with Crippen LogP contribution in [0.25, 0.3) is 0 Å². The normalized spacial score (nSPS) is 11.7. The lowest BCUT2D eigenvalue weighted by Gasteiger charge is -2.11. The van der Waals surface area contributed by atoms with Gasteiger partial charge in [-0.2, -0.15) is 0 Å². The molecule has 0 radical (unpaired) electrons. The Hall–Kier alpha value is -2.29. The first-order chi connectivity index (χ1) is 10.7. The van der Waals surface area contributed by atoms with Crippen molar-refractivity contribution in [2.45, 2.75) is 26.2 Å². The molecule has 1 unspecified atom stereocenters. The zero-order chi connectivity index (χ0) is 15.8. The minimum absolute atomic E-state index is 0.440. The van der Waals surface area contributed by atoms with Crippen LogP contribution in [0.4, 0.5) is 0 Å². The average Bonchev–Trinajstić information content (AvgIpc) is 2.58. The van der Waals surface area contributed by atoms with Gasteiger partial charge in [-0.3, -0.25) is 4.79 Å². The summed E-state index contributed by atoms with van der Waals surface area (Å²) in [7, 11) is 0. The summed E-state index contributed by atoms with van der Waals surface area (Å²) in [4.78, 5) is 10.7. The van der Waals surface area contributed by atoms with Crippen molar-refractivity contribution in [3.05, 3.63) is 59.7 Å². The number of carbonyl (C=O) groups excluding carboxylic acids is 1. The second kappa shape index (κ2) is 8.23. The van der Waals surface area contributed by atoms with E-state index in [0.717, 1.165) is 18.5 Å². The molecule has 2 aromatic carbocycles. The smallest absolute Gasteiger partial charge is 0.150 e. The van der Waals surface area contributed by atoms with Gasteiger partial charge in [0, 0.05) is 5.56 Å². The summed E-state index contributed by atoms with van der Waals surface area (Å²) >= 11 is 0. The summed E-state index contributed by atoms with van der Waals surface area (Å²) in [6, 6.07) is 15.3. The molecule has 0 saturated heterocycles. The quantitative estimate of drug-likeness (QED) is 0.533. The first kappa shape index (κ1) is 16.1. The van der Waals surface area contributed by atoms with E-state index in [1.807, 2.05) is 18.2 Å². The van der Waals surface area contributed by atoms with E-state index in [1.54, 1.807) is 18.2 Å². The van der Waals surface area contributed by atoms with Gasteiger partial charge in [-0.1, -0.05) is 38.1 Å². The Morgan fingerprint density at radius 2 is 1.68 bits per heavy atom. The molecule has 0 fully saturated rings. The van der Waals surface area contributed by atoms with Crippen LogP contribution in [0.5, 0.6) is 11.5 Å². The maximum absolute atomic E-state index is 10.7. The van der Waals surface area contributed by atoms with E-state index < -0.39 is 0 Å². The molecule has 0 bridgehead atoms. The lowest BCUT2D eigenvalue weighted by molar-refractivity contribution is 0.112. The summed E-state index contributed by atoms with van der Waals surface area (Å²) in [5.41, 5.74) is 1.94. The molecule has 0 aliphatic carbocycles. The highest BCUT2D eigenvalue weighted by Gasteiger charge is 2.03. The van der Waals surface area contributed by atoms with E-state index in [-0.39, 0.29) is 0 Å². The molecule has 22 heavy (non-hydrogen) atoms. The van der Waals surface area contributed by atoms with Gasteiger partial charge in [-0.05, 0) is 42.2 Å². The molecule has 0 saturated carbocycles. The number of rotatable bonds is 8. The molecule has 0 N–H and O–H groups in total. The highest BCUT2D eigenvalue weighted by Crippen LogP contribution is 2.21. The fourth-order valence-electron chi connectivity index (χ4n) is 2.12. The summed E-state index contributed by atoms with van der Waals surface area (Å²) in [6.45, 7) is 5.31. The molecule has 2 aromatic rings. The van der Waals surface area contributed by atoms with Crippen molar-refractivity contribution in [3.63, 3.8) is 0 Å². The summed E-state index contributed by atoms with van der Waals surface area (Å²) < 4.78 is 11.2. The van der Waals surface area contributed by atoms with Gasteiger partial charge in [0.2, 0.25) is 0 Å². The van der Waals surface area contributed by atoms with Crippen molar-refractivity contribution in [2.75, 3.05) is 13.2 Å². The first-order valence-corrected chi connectivity index (χ1v) is 7.63. The lowest BCUT2D eigenvalue weighted by atomic mass is 9.99. The van der Waals surface area contributed by atoms with Crippen LogP contribution in [-0.2, 0) is 0 Å². The van der Waals surface area contributed by atoms with Crippen molar-refractivity contribution >= 4 is 6.29 Å². The Balaban J connectivity index is 1.77. The van der Waals surface area contributed by atoms with Gasteiger partial charge in [0.25, 0.3) is 0 Å². The van der Waals surface area contributed by atoms with Crippen LogP contribution < -0.4 is 9.47 Å². The van der Waals surface area contributed by atoms with Crippen LogP contribution in [0.2, 0.25) is 0 Å². The van der Waals surface area contributed by atoms with E-state index in [4.69, 9.17) is 9.47 Å². The van der Waals surface area contributed by atoms with Crippen molar-refractivity contribution in [2.24, 2.45) is 0 Å². The molecule has 3 nitrogen and oxygen atoms in total. The number of hydrogen-bond acceptors (Lipinski definition) is 3. The van der Waals surface area contributed by atoms with Crippen LogP contribution in [0.15, 0.2) is 48.5 Å². The largest absolute Gasteiger partial charge is 0.490 e. The van der Waals surface area contributed by atoms with Gasteiger partial charge in [0.15, 0.2) is 0 Å². The maximum Gasteiger partial charge on any atom is 0.150 e. The minimum atomic E-state index is 0.440. The van der Waals surface area contributed by atoms with Crippen LogP contribution in [0.1, 0.15) is 42.1 Å². The Bertz CT molecular complexity index is 590. The van der Waals surface area contributed by atoms with Gasteiger partial charge >= 0.3 is 0 Å². The second-order valence-electron chi connectivity index (χ2n) is 5.27. The maximum atomic E-state index is 10.7. The number of hydrogen-bond donors (Lipinski definition) is 0. The third kappa shape index (κ3) is 4.62. The minimum Gasteiger partial charge on any atom is -0.490 e. The highest BCUT2D eigenvalue weighted by molar-refractivity contribution is 5.75. The first-order valence-electron chi connectivity index (χ1n) is 7.63. The highest BCUT2D eigenvalue weighted by atomic mass is 16.5. The zero-order valence-electron chi connectivity index (χ0n) is 13.1. The van der Waals surface area contributed by atoms with Gasteiger partial charge in [0.1, 0.15) is 31.0 Å². The second-order valence-corrected chi connectivity index (χ2v) is 5.27. The topological polar surface area (TPSA) is 35.5 Å². The SMILES string of the molecule is CCC(C)c1ccc(OCCOc2cccc(C=O)c2)cc1. The molecule has 0 amide bonds. The Kier molecular flexibility index (Phi) is 6.01.